The number of thiophene rings is 1. The minimum absolute atomic E-state index is 0.476. The third-order valence-electron chi connectivity index (χ3n) is 5.18. The van der Waals surface area contributed by atoms with E-state index in [-0.39, 0.29) is 0 Å². The van der Waals surface area contributed by atoms with Gasteiger partial charge in [0.25, 0.3) is 0 Å². The summed E-state index contributed by atoms with van der Waals surface area (Å²) in [6.45, 7) is 8.54. The number of hydrogen-bond donors (Lipinski definition) is 0. The fraction of sp³-hybridized carbons (Fsp3) is 0.318. The summed E-state index contributed by atoms with van der Waals surface area (Å²) >= 11 is 8.33. The maximum atomic E-state index is 6.68. The van der Waals surface area contributed by atoms with Gasteiger partial charge in [-0.15, -0.1) is 11.3 Å². The molecule has 4 nitrogen and oxygen atoms in total. The monoisotopic (exact) mass is 410 g/mol. The van der Waals surface area contributed by atoms with Gasteiger partial charge in [0, 0.05) is 28.4 Å². The molecule has 4 rings (SSSR count). The van der Waals surface area contributed by atoms with Crippen LogP contribution in [0.25, 0.3) is 26.7 Å². The molecule has 0 aliphatic carbocycles. The van der Waals surface area contributed by atoms with Gasteiger partial charge in [0.2, 0.25) is 0 Å². The summed E-state index contributed by atoms with van der Waals surface area (Å²) in [7, 11) is 0. The highest BCUT2D eigenvalue weighted by Crippen LogP contribution is 2.42. The van der Waals surface area contributed by atoms with Gasteiger partial charge in [-0.05, 0) is 50.8 Å². The summed E-state index contributed by atoms with van der Waals surface area (Å²) < 4.78 is 1.99. The van der Waals surface area contributed by atoms with Gasteiger partial charge >= 0.3 is 0 Å². The SMILES string of the molecule is CCC(CC)c1cc(C)nn2c(-c3sc(-c4cccnc4)cc3Cl)c(C)nc12. The molecule has 0 aromatic carbocycles. The van der Waals surface area contributed by atoms with Crippen molar-refractivity contribution in [2.24, 2.45) is 0 Å². The molecule has 4 aromatic rings. The average molecular weight is 411 g/mol. The Morgan fingerprint density at radius 1 is 1.18 bits per heavy atom. The van der Waals surface area contributed by atoms with Crippen LogP contribution in [0.4, 0.5) is 0 Å². The van der Waals surface area contributed by atoms with Crippen molar-refractivity contribution in [3.63, 3.8) is 0 Å². The average Bonchev–Trinajstić information content (AvgIpc) is 3.22. The Kier molecular flexibility index (Phi) is 5.21. The zero-order valence-electron chi connectivity index (χ0n) is 16.5. The second kappa shape index (κ2) is 7.64. The Balaban J connectivity index is 1.93. The maximum absolute atomic E-state index is 6.68. The normalized spacial score (nSPS) is 11.6. The molecule has 0 fully saturated rings. The third-order valence-corrected chi connectivity index (χ3v) is 6.78. The predicted octanol–water partition coefficient (Wildman–Crippen LogP) is 6.69. The first kappa shape index (κ1) is 19.1. The lowest BCUT2D eigenvalue weighted by atomic mass is 9.95. The Bertz CT molecular complexity index is 1130. The van der Waals surface area contributed by atoms with Crippen LogP contribution in [0.15, 0.2) is 36.7 Å². The van der Waals surface area contributed by atoms with E-state index in [1.807, 2.05) is 42.8 Å². The van der Waals surface area contributed by atoms with Crippen LogP contribution < -0.4 is 0 Å². The number of pyridine rings is 1. The molecule has 0 saturated carbocycles. The molecule has 0 saturated heterocycles. The molecule has 0 radical (unpaired) electrons. The quantitative estimate of drug-likeness (QED) is 0.368. The van der Waals surface area contributed by atoms with Crippen molar-refractivity contribution in [2.45, 2.75) is 46.5 Å². The van der Waals surface area contributed by atoms with Crippen molar-refractivity contribution in [2.75, 3.05) is 0 Å². The van der Waals surface area contributed by atoms with Crippen LogP contribution in [0, 0.1) is 13.8 Å². The predicted molar refractivity (Wildman–Crippen MR) is 117 cm³/mol. The zero-order valence-corrected chi connectivity index (χ0v) is 18.1. The number of aromatic nitrogens is 4. The van der Waals surface area contributed by atoms with Crippen molar-refractivity contribution in [3.05, 3.63) is 58.6 Å². The Morgan fingerprint density at radius 3 is 2.64 bits per heavy atom. The fourth-order valence-electron chi connectivity index (χ4n) is 3.75. The van der Waals surface area contributed by atoms with E-state index in [4.69, 9.17) is 21.7 Å². The van der Waals surface area contributed by atoms with Gasteiger partial charge in [0.1, 0.15) is 5.69 Å². The molecule has 4 heterocycles. The van der Waals surface area contributed by atoms with Gasteiger partial charge in [-0.2, -0.15) is 5.10 Å². The first-order valence-electron chi connectivity index (χ1n) is 9.60. The van der Waals surface area contributed by atoms with Gasteiger partial charge in [0.05, 0.1) is 21.3 Å². The number of halogens is 1. The summed E-state index contributed by atoms with van der Waals surface area (Å²) in [6, 6.07) is 8.18. The molecule has 0 atom stereocenters. The highest BCUT2D eigenvalue weighted by Gasteiger charge is 2.22. The largest absolute Gasteiger partial charge is 0.264 e. The molecule has 4 aromatic heterocycles. The van der Waals surface area contributed by atoms with Gasteiger partial charge in [0.15, 0.2) is 5.65 Å². The van der Waals surface area contributed by atoms with Crippen molar-refractivity contribution in [1.29, 1.82) is 0 Å². The molecule has 0 aliphatic rings. The number of nitrogens with zero attached hydrogens (tertiary/aromatic N) is 4. The summed E-state index contributed by atoms with van der Waals surface area (Å²) in [6.07, 6.45) is 5.81. The number of fused-ring (bicyclic) bond motifs is 1. The van der Waals surface area contributed by atoms with E-state index < -0.39 is 0 Å². The fourth-order valence-corrected chi connectivity index (χ4v) is 5.25. The molecule has 0 spiro atoms. The van der Waals surface area contributed by atoms with Crippen LogP contribution in [0.5, 0.6) is 0 Å². The number of imidazole rings is 1. The summed E-state index contributed by atoms with van der Waals surface area (Å²) in [5.41, 5.74) is 6.20. The molecule has 0 bridgehead atoms. The topological polar surface area (TPSA) is 43.1 Å². The van der Waals surface area contributed by atoms with Gasteiger partial charge in [-0.25, -0.2) is 9.50 Å². The second-order valence-electron chi connectivity index (χ2n) is 7.07. The van der Waals surface area contributed by atoms with Crippen molar-refractivity contribution in [3.8, 4) is 21.0 Å². The van der Waals surface area contributed by atoms with Gasteiger partial charge < -0.3 is 0 Å². The molecule has 28 heavy (non-hydrogen) atoms. The van der Waals surface area contributed by atoms with E-state index in [2.05, 4.69) is 24.9 Å². The highest BCUT2D eigenvalue weighted by molar-refractivity contribution is 7.19. The second-order valence-corrected chi connectivity index (χ2v) is 8.52. The van der Waals surface area contributed by atoms with E-state index in [0.717, 1.165) is 55.9 Å². The van der Waals surface area contributed by atoms with Crippen molar-refractivity contribution < 1.29 is 0 Å². The van der Waals surface area contributed by atoms with Crippen LogP contribution in [-0.4, -0.2) is 19.6 Å². The third kappa shape index (κ3) is 3.23. The lowest BCUT2D eigenvalue weighted by Crippen LogP contribution is -2.04. The summed E-state index contributed by atoms with van der Waals surface area (Å²) in [5.74, 6) is 0.476. The minimum Gasteiger partial charge on any atom is -0.264 e. The molecule has 144 valence electrons. The standard InChI is InChI=1S/C22H23ClN4S/c1-5-15(6-2)17-10-13(3)26-27-20(14(4)25-22(17)27)21-18(23)11-19(28-21)16-8-7-9-24-12-16/h7-12,15H,5-6H2,1-4H3. The van der Waals surface area contributed by atoms with Crippen LogP contribution in [-0.2, 0) is 0 Å². The number of aryl methyl sites for hydroxylation is 2. The van der Waals surface area contributed by atoms with Crippen LogP contribution in [0.1, 0.15) is 49.6 Å². The van der Waals surface area contributed by atoms with E-state index in [1.54, 1.807) is 17.5 Å². The van der Waals surface area contributed by atoms with Gasteiger partial charge in [-0.3, -0.25) is 4.98 Å². The smallest absolute Gasteiger partial charge is 0.158 e. The van der Waals surface area contributed by atoms with Crippen molar-refractivity contribution in [1.82, 2.24) is 19.6 Å². The summed E-state index contributed by atoms with van der Waals surface area (Å²) in [5, 5.41) is 5.52. The Labute approximate surface area is 174 Å². The van der Waals surface area contributed by atoms with E-state index in [9.17, 15) is 0 Å². The lowest BCUT2D eigenvalue weighted by molar-refractivity contribution is 0.638. The first-order valence-corrected chi connectivity index (χ1v) is 10.8. The number of rotatable bonds is 5. The Morgan fingerprint density at radius 2 is 1.96 bits per heavy atom. The van der Waals surface area contributed by atoms with Gasteiger partial charge in [-0.1, -0.05) is 31.5 Å². The molecular weight excluding hydrogens is 388 g/mol. The highest BCUT2D eigenvalue weighted by atomic mass is 35.5. The maximum Gasteiger partial charge on any atom is 0.158 e. The first-order chi connectivity index (χ1) is 13.5. The van der Waals surface area contributed by atoms with Crippen molar-refractivity contribution >= 4 is 28.6 Å². The molecule has 0 unspecified atom stereocenters. The lowest BCUT2D eigenvalue weighted by Gasteiger charge is -2.14. The molecule has 0 amide bonds. The van der Waals surface area contributed by atoms with Crippen LogP contribution in [0.2, 0.25) is 5.02 Å². The van der Waals surface area contributed by atoms with E-state index in [1.165, 1.54) is 5.56 Å². The Hall–Kier alpha value is -2.24. The number of hydrogen-bond acceptors (Lipinski definition) is 4. The molecule has 6 heteroatoms. The molecular formula is C22H23ClN4S. The zero-order chi connectivity index (χ0) is 19.8. The summed E-state index contributed by atoms with van der Waals surface area (Å²) in [4.78, 5) is 11.2. The minimum atomic E-state index is 0.476. The van der Waals surface area contributed by atoms with Crippen LogP contribution in [0.3, 0.4) is 0 Å². The van der Waals surface area contributed by atoms with Crippen LogP contribution >= 0.6 is 22.9 Å². The molecule has 0 N–H and O–H groups in total. The van der Waals surface area contributed by atoms with E-state index >= 15 is 0 Å². The molecule has 0 aliphatic heterocycles. The van der Waals surface area contributed by atoms with E-state index in [0.29, 0.717) is 5.92 Å².